The number of benzene rings is 1. The van der Waals surface area contributed by atoms with Gasteiger partial charge in [0.15, 0.2) is 0 Å². The first-order chi connectivity index (χ1) is 8.93. The Morgan fingerprint density at radius 2 is 2.21 bits per heavy atom. The molecular weight excluding hydrogens is 314 g/mol. The van der Waals surface area contributed by atoms with Gasteiger partial charge >= 0.3 is 5.97 Å². The molecule has 1 amide bonds. The van der Waals surface area contributed by atoms with Crippen molar-refractivity contribution in [2.45, 2.75) is 12.5 Å². The molecular formula is C13H14BrNO4. The molecule has 0 aliphatic carbocycles. The van der Waals surface area contributed by atoms with E-state index < -0.39 is 17.9 Å². The number of halogens is 1. The van der Waals surface area contributed by atoms with Crippen molar-refractivity contribution in [3.8, 4) is 5.75 Å². The van der Waals surface area contributed by atoms with Crippen molar-refractivity contribution in [1.82, 2.24) is 5.32 Å². The van der Waals surface area contributed by atoms with Gasteiger partial charge in [0.05, 0.1) is 7.11 Å². The van der Waals surface area contributed by atoms with Crippen LogP contribution in [0.4, 0.5) is 0 Å². The monoisotopic (exact) mass is 327 g/mol. The Hall–Kier alpha value is -1.82. The third-order valence-electron chi connectivity index (χ3n) is 2.32. The summed E-state index contributed by atoms with van der Waals surface area (Å²) in [7, 11) is 1.24. The van der Waals surface area contributed by atoms with E-state index in [4.69, 9.17) is 0 Å². The fourth-order valence-corrected chi connectivity index (χ4v) is 1.77. The Balaban J connectivity index is 2.81. The van der Waals surface area contributed by atoms with E-state index in [0.29, 0.717) is 4.48 Å². The highest BCUT2D eigenvalue weighted by Crippen LogP contribution is 2.14. The summed E-state index contributed by atoms with van der Waals surface area (Å²) in [6.07, 6.45) is 0.219. The molecule has 0 saturated heterocycles. The average Bonchev–Trinajstić information content (AvgIpc) is 2.36. The van der Waals surface area contributed by atoms with Gasteiger partial charge in [-0.05, 0) is 22.7 Å². The van der Waals surface area contributed by atoms with Gasteiger partial charge in [-0.2, -0.15) is 0 Å². The van der Waals surface area contributed by atoms with Crippen LogP contribution in [0.25, 0.3) is 0 Å². The standard InChI is InChI=1S/C13H14BrNO4/c1-8(14)6-11(13(18)19-2)15-12(17)9-4-3-5-10(16)7-9/h3-5,7,11,16H,1,6H2,2H3,(H,15,17)/t11-/m0/s1. The number of phenols is 1. The third kappa shape index (κ3) is 4.75. The molecule has 1 aromatic carbocycles. The molecule has 0 aliphatic rings. The average molecular weight is 328 g/mol. The Bertz CT molecular complexity index is 501. The van der Waals surface area contributed by atoms with Gasteiger partial charge in [0.1, 0.15) is 11.8 Å². The lowest BCUT2D eigenvalue weighted by Crippen LogP contribution is -2.41. The summed E-state index contributed by atoms with van der Waals surface area (Å²) in [4.78, 5) is 23.5. The number of nitrogens with one attached hydrogen (secondary N) is 1. The van der Waals surface area contributed by atoms with Crippen molar-refractivity contribution >= 4 is 27.8 Å². The van der Waals surface area contributed by atoms with Crippen LogP contribution in [0, 0.1) is 0 Å². The van der Waals surface area contributed by atoms with E-state index in [-0.39, 0.29) is 17.7 Å². The van der Waals surface area contributed by atoms with Crippen LogP contribution in [-0.4, -0.2) is 30.1 Å². The summed E-state index contributed by atoms with van der Waals surface area (Å²) in [6.45, 7) is 3.62. The van der Waals surface area contributed by atoms with E-state index in [1.165, 1.54) is 25.3 Å². The van der Waals surface area contributed by atoms with Gasteiger partial charge < -0.3 is 15.2 Å². The van der Waals surface area contributed by atoms with Crippen LogP contribution in [0.15, 0.2) is 35.3 Å². The molecule has 0 bridgehead atoms. The smallest absolute Gasteiger partial charge is 0.328 e. The van der Waals surface area contributed by atoms with Crippen molar-refractivity contribution in [3.63, 3.8) is 0 Å². The highest BCUT2D eigenvalue weighted by Gasteiger charge is 2.22. The van der Waals surface area contributed by atoms with Gasteiger partial charge in [0.2, 0.25) is 0 Å². The second kappa shape index (κ2) is 6.94. The van der Waals surface area contributed by atoms with Gasteiger partial charge in [0.25, 0.3) is 5.91 Å². The normalized spacial score (nSPS) is 11.5. The summed E-state index contributed by atoms with van der Waals surface area (Å²) >= 11 is 3.14. The largest absolute Gasteiger partial charge is 0.508 e. The zero-order chi connectivity index (χ0) is 14.4. The number of methoxy groups -OCH3 is 1. The summed E-state index contributed by atoms with van der Waals surface area (Å²) < 4.78 is 5.18. The molecule has 0 radical (unpaired) electrons. The minimum absolute atomic E-state index is 0.0211. The molecule has 2 N–H and O–H groups in total. The first-order valence-electron chi connectivity index (χ1n) is 5.45. The van der Waals surface area contributed by atoms with Gasteiger partial charge in [-0.3, -0.25) is 4.79 Å². The number of carbonyl (C=O) groups is 2. The number of amides is 1. The van der Waals surface area contributed by atoms with Crippen molar-refractivity contribution in [2.24, 2.45) is 0 Å². The number of aromatic hydroxyl groups is 1. The lowest BCUT2D eigenvalue weighted by atomic mass is 10.1. The fourth-order valence-electron chi connectivity index (χ4n) is 1.45. The van der Waals surface area contributed by atoms with Crippen LogP contribution < -0.4 is 5.32 Å². The molecule has 0 saturated carbocycles. The SMILES string of the molecule is C=C(Br)C[C@H](NC(=O)c1cccc(O)c1)C(=O)OC. The van der Waals surface area contributed by atoms with Gasteiger partial charge in [-0.1, -0.05) is 28.6 Å². The van der Waals surface area contributed by atoms with E-state index in [2.05, 4.69) is 32.6 Å². The van der Waals surface area contributed by atoms with E-state index in [9.17, 15) is 14.7 Å². The topological polar surface area (TPSA) is 75.6 Å². The Morgan fingerprint density at radius 3 is 2.74 bits per heavy atom. The molecule has 1 aromatic rings. The molecule has 0 aliphatic heterocycles. The molecule has 6 heteroatoms. The summed E-state index contributed by atoms with van der Waals surface area (Å²) in [6, 6.07) is 5.01. The molecule has 0 aromatic heterocycles. The minimum Gasteiger partial charge on any atom is -0.508 e. The van der Waals surface area contributed by atoms with Crippen molar-refractivity contribution in [3.05, 3.63) is 40.9 Å². The van der Waals surface area contributed by atoms with Gasteiger partial charge in [-0.25, -0.2) is 4.79 Å². The van der Waals surface area contributed by atoms with E-state index in [0.717, 1.165) is 0 Å². The van der Waals surface area contributed by atoms with Crippen molar-refractivity contribution < 1.29 is 19.4 Å². The van der Waals surface area contributed by atoms with E-state index in [1.807, 2.05) is 0 Å². The quantitative estimate of drug-likeness (QED) is 0.810. The molecule has 19 heavy (non-hydrogen) atoms. The Labute approximate surface area is 119 Å². The number of hydrogen-bond donors (Lipinski definition) is 2. The predicted molar refractivity (Wildman–Crippen MR) is 74.1 cm³/mol. The van der Waals surface area contributed by atoms with Crippen LogP contribution in [0.1, 0.15) is 16.8 Å². The second-order valence-electron chi connectivity index (χ2n) is 3.82. The van der Waals surface area contributed by atoms with Crippen molar-refractivity contribution in [2.75, 3.05) is 7.11 Å². The van der Waals surface area contributed by atoms with Crippen LogP contribution in [0.3, 0.4) is 0 Å². The highest BCUT2D eigenvalue weighted by atomic mass is 79.9. The number of hydrogen-bond acceptors (Lipinski definition) is 4. The Kier molecular flexibility index (Phi) is 5.57. The summed E-state index contributed by atoms with van der Waals surface area (Å²) in [5.74, 6) is -1.05. The summed E-state index contributed by atoms with van der Waals surface area (Å²) in [5, 5.41) is 11.8. The van der Waals surface area contributed by atoms with Crippen molar-refractivity contribution in [1.29, 1.82) is 0 Å². The zero-order valence-corrected chi connectivity index (χ0v) is 11.9. The molecule has 0 spiro atoms. The van der Waals surface area contributed by atoms with Crippen LogP contribution >= 0.6 is 15.9 Å². The predicted octanol–water partition coefficient (Wildman–Crippen LogP) is 1.96. The van der Waals surface area contributed by atoms with Crippen LogP contribution in [0.2, 0.25) is 0 Å². The van der Waals surface area contributed by atoms with Crippen LogP contribution in [0.5, 0.6) is 5.75 Å². The number of carbonyl (C=O) groups excluding carboxylic acids is 2. The molecule has 102 valence electrons. The number of ether oxygens (including phenoxy) is 1. The maximum absolute atomic E-state index is 11.9. The molecule has 0 unspecified atom stereocenters. The zero-order valence-electron chi connectivity index (χ0n) is 10.4. The maximum atomic E-state index is 11.9. The first-order valence-corrected chi connectivity index (χ1v) is 6.24. The Morgan fingerprint density at radius 1 is 1.53 bits per heavy atom. The minimum atomic E-state index is -0.827. The highest BCUT2D eigenvalue weighted by molar-refractivity contribution is 9.11. The molecule has 0 fully saturated rings. The van der Waals surface area contributed by atoms with Gasteiger partial charge in [0, 0.05) is 12.0 Å². The van der Waals surface area contributed by atoms with E-state index >= 15 is 0 Å². The molecule has 1 atom stereocenters. The number of esters is 1. The molecule has 1 rings (SSSR count). The van der Waals surface area contributed by atoms with E-state index in [1.54, 1.807) is 6.07 Å². The first kappa shape index (κ1) is 15.2. The molecule has 5 nitrogen and oxygen atoms in total. The fraction of sp³-hybridized carbons (Fsp3) is 0.231. The second-order valence-corrected chi connectivity index (χ2v) is 4.94. The molecule has 0 heterocycles. The number of phenolic OH excluding ortho intramolecular Hbond substituents is 1. The lowest BCUT2D eigenvalue weighted by molar-refractivity contribution is -0.142. The lowest BCUT2D eigenvalue weighted by Gasteiger charge is -2.16. The third-order valence-corrected chi connectivity index (χ3v) is 2.65. The van der Waals surface area contributed by atoms with Crippen LogP contribution in [-0.2, 0) is 9.53 Å². The number of rotatable bonds is 5. The van der Waals surface area contributed by atoms with Gasteiger partial charge in [-0.15, -0.1) is 0 Å². The maximum Gasteiger partial charge on any atom is 0.328 e. The summed E-state index contributed by atoms with van der Waals surface area (Å²) in [5.41, 5.74) is 0.258.